The van der Waals surface area contributed by atoms with Gasteiger partial charge >= 0.3 is 5.51 Å². The van der Waals surface area contributed by atoms with Crippen LogP contribution in [0.3, 0.4) is 0 Å². The molecule has 1 aromatic rings. The van der Waals surface area contributed by atoms with Gasteiger partial charge in [0, 0.05) is 18.8 Å². The minimum absolute atomic E-state index is 0.0120. The van der Waals surface area contributed by atoms with E-state index in [4.69, 9.17) is 0 Å². The van der Waals surface area contributed by atoms with Crippen molar-refractivity contribution in [2.24, 2.45) is 0 Å². The normalized spacial score (nSPS) is 12.7. The molecule has 0 aliphatic carbocycles. The fourth-order valence-electron chi connectivity index (χ4n) is 1.59. The lowest BCUT2D eigenvalue weighted by Crippen LogP contribution is -2.18. The summed E-state index contributed by atoms with van der Waals surface area (Å²) in [5.74, 6) is 0.0452. The van der Waals surface area contributed by atoms with Gasteiger partial charge in [-0.05, 0) is 28.3 Å². The predicted molar refractivity (Wildman–Crippen MR) is 75.4 cm³/mol. The summed E-state index contributed by atoms with van der Waals surface area (Å²) in [5.41, 5.74) is -1.67. The molecule has 0 radical (unpaired) electrons. The van der Waals surface area contributed by atoms with Crippen LogP contribution in [0.25, 0.3) is 0 Å². The molecule has 0 fully saturated rings. The second-order valence-electron chi connectivity index (χ2n) is 5.42. The molecule has 1 N–H and O–H groups in total. The number of nitrogens with one attached hydrogen (secondary N) is 1. The van der Waals surface area contributed by atoms with Gasteiger partial charge in [-0.15, -0.1) is 0 Å². The molecule has 0 saturated carbocycles. The van der Waals surface area contributed by atoms with E-state index < -0.39 is 5.51 Å². The van der Waals surface area contributed by atoms with Crippen LogP contribution in [-0.4, -0.2) is 17.8 Å². The van der Waals surface area contributed by atoms with E-state index in [1.165, 1.54) is 5.56 Å². The third-order valence-corrected chi connectivity index (χ3v) is 3.43. The van der Waals surface area contributed by atoms with E-state index in [2.05, 4.69) is 38.2 Å². The van der Waals surface area contributed by atoms with Gasteiger partial charge in [0.25, 0.3) is 0 Å². The van der Waals surface area contributed by atoms with Crippen LogP contribution in [0.1, 0.15) is 31.9 Å². The summed E-state index contributed by atoms with van der Waals surface area (Å²) < 4.78 is 35.7. The lowest BCUT2D eigenvalue weighted by molar-refractivity contribution is -0.0327. The Balaban J connectivity index is 2.31. The zero-order chi connectivity index (χ0) is 14.5. The molecule has 0 spiro atoms. The number of hydrogen-bond acceptors (Lipinski definition) is 2. The summed E-state index contributed by atoms with van der Waals surface area (Å²) in [6.07, 6.45) is 0. The molecule has 108 valence electrons. The second kappa shape index (κ2) is 6.66. The molecular weight excluding hydrogens is 271 g/mol. The molecule has 1 nitrogen and oxygen atoms in total. The number of alkyl halides is 3. The Bertz CT molecular complexity index is 379. The molecular formula is C14H20F3NS. The van der Waals surface area contributed by atoms with Crippen molar-refractivity contribution < 1.29 is 13.2 Å². The average molecular weight is 291 g/mol. The second-order valence-corrected chi connectivity index (χ2v) is 6.58. The van der Waals surface area contributed by atoms with Crippen LogP contribution < -0.4 is 5.32 Å². The maximum atomic E-state index is 11.9. The van der Waals surface area contributed by atoms with Gasteiger partial charge in [0.05, 0.1) is 0 Å². The van der Waals surface area contributed by atoms with Gasteiger partial charge in [-0.1, -0.05) is 45.0 Å². The largest absolute Gasteiger partial charge is 0.441 e. The first-order valence-corrected chi connectivity index (χ1v) is 7.18. The van der Waals surface area contributed by atoms with Crippen LogP contribution in [0.5, 0.6) is 0 Å². The highest BCUT2D eigenvalue weighted by atomic mass is 32.2. The molecule has 0 aromatic heterocycles. The Labute approximate surface area is 117 Å². The van der Waals surface area contributed by atoms with Crippen LogP contribution in [0.15, 0.2) is 24.3 Å². The Morgan fingerprint density at radius 3 is 2.11 bits per heavy atom. The quantitative estimate of drug-likeness (QED) is 0.811. The van der Waals surface area contributed by atoms with Crippen LogP contribution in [0.4, 0.5) is 13.2 Å². The SMILES string of the molecule is CC(C)(C)c1ccc(CNCCSC(F)(F)F)cc1. The summed E-state index contributed by atoms with van der Waals surface area (Å²) >= 11 is 0.0120. The van der Waals surface area contributed by atoms with Gasteiger partial charge < -0.3 is 5.32 Å². The summed E-state index contributed by atoms with van der Waals surface area (Å²) in [7, 11) is 0. The van der Waals surface area contributed by atoms with Crippen molar-refractivity contribution in [2.45, 2.75) is 38.2 Å². The molecule has 0 aliphatic heterocycles. The monoisotopic (exact) mass is 291 g/mol. The fraction of sp³-hybridized carbons (Fsp3) is 0.571. The first-order valence-electron chi connectivity index (χ1n) is 6.19. The molecule has 1 rings (SSSR count). The minimum atomic E-state index is -4.13. The zero-order valence-corrected chi connectivity index (χ0v) is 12.3. The van der Waals surface area contributed by atoms with Crippen molar-refractivity contribution in [3.63, 3.8) is 0 Å². The molecule has 0 atom stereocenters. The van der Waals surface area contributed by atoms with Crippen molar-refractivity contribution in [1.82, 2.24) is 5.32 Å². The van der Waals surface area contributed by atoms with E-state index in [1.54, 1.807) is 0 Å². The van der Waals surface area contributed by atoms with E-state index in [-0.39, 0.29) is 22.9 Å². The topological polar surface area (TPSA) is 12.0 Å². The Morgan fingerprint density at radius 1 is 1.05 bits per heavy atom. The standard InChI is InChI=1S/C14H20F3NS/c1-13(2,3)12-6-4-11(5-7-12)10-18-8-9-19-14(15,16)17/h4-7,18H,8-10H2,1-3H3. The summed E-state index contributed by atoms with van der Waals surface area (Å²) in [5, 5.41) is 3.01. The minimum Gasteiger partial charge on any atom is -0.312 e. The van der Waals surface area contributed by atoms with Gasteiger partial charge in [-0.25, -0.2) is 0 Å². The van der Waals surface area contributed by atoms with Crippen LogP contribution in [-0.2, 0) is 12.0 Å². The van der Waals surface area contributed by atoms with Crippen molar-refractivity contribution in [3.05, 3.63) is 35.4 Å². The van der Waals surface area contributed by atoms with Gasteiger partial charge in [0.2, 0.25) is 0 Å². The van der Waals surface area contributed by atoms with Crippen LogP contribution >= 0.6 is 11.8 Å². The highest BCUT2D eigenvalue weighted by Crippen LogP contribution is 2.29. The Morgan fingerprint density at radius 2 is 1.63 bits per heavy atom. The molecule has 0 amide bonds. The molecule has 19 heavy (non-hydrogen) atoms. The smallest absolute Gasteiger partial charge is 0.312 e. The Hall–Kier alpha value is -0.680. The number of halogens is 3. The number of thioether (sulfide) groups is 1. The van der Waals surface area contributed by atoms with E-state index in [1.807, 2.05) is 12.1 Å². The van der Waals surface area contributed by atoms with E-state index >= 15 is 0 Å². The first-order chi connectivity index (χ1) is 8.68. The molecule has 5 heteroatoms. The van der Waals surface area contributed by atoms with Gasteiger partial charge in [0.1, 0.15) is 0 Å². The van der Waals surface area contributed by atoms with Crippen molar-refractivity contribution in [2.75, 3.05) is 12.3 Å². The third-order valence-electron chi connectivity index (χ3n) is 2.69. The first kappa shape index (κ1) is 16.4. The average Bonchev–Trinajstić information content (AvgIpc) is 2.26. The van der Waals surface area contributed by atoms with Gasteiger partial charge in [-0.2, -0.15) is 13.2 Å². The van der Waals surface area contributed by atoms with Gasteiger partial charge in [0.15, 0.2) is 0 Å². The van der Waals surface area contributed by atoms with Gasteiger partial charge in [-0.3, -0.25) is 0 Å². The van der Waals surface area contributed by atoms with E-state index in [0.717, 1.165) is 5.56 Å². The van der Waals surface area contributed by atoms with E-state index in [9.17, 15) is 13.2 Å². The summed E-state index contributed by atoms with van der Waals surface area (Å²) in [4.78, 5) is 0. The molecule has 0 bridgehead atoms. The number of hydrogen-bond donors (Lipinski definition) is 1. The molecule has 1 aromatic carbocycles. The maximum absolute atomic E-state index is 11.9. The van der Waals surface area contributed by atoms with Crippen LogP contribution in [0, 0.1) is 0 Å². The third kappa shape index (κ3) is 6.87. The highest BCUT2D eigenvalue weighted by molar-refractivity contribution is 8.00. The van der Waals surface area contributed by atoms with Crippen molar-refractivity contribution in [1.29, 1.82) is 0 Å². The van der Waals surface area contributed by atoms with Crippen molar-refractivity contribution in [3.8, 4) is 0 Å². The summed E-state index contributed by atoms with van der Waals surface area (Å²) in [6.45, 7) is 7.39. The molecule has 0 saturated heterocycles. The fourth-order valence-corrected chi connectivity index (χ4v) is 2.07. The van der Waals surface area contributed by atoms with Crippen LogP contribution in [0.2, 0.25) is 0 Å². The Kier molecular flexibility index (Phi) is 5.74. The predicted octanol–water partition coefficient (Wildman–Crippen LogP) is 4.33. The highest BCUT2D eigenvalue weighted by Gasteiger charge is 2.27. The summed E-state index contributed by atoms with van der Waals surface area (Å²) in [6, 6.07) is 8.18. The number of rotatable bonds is 5. The zero-order valence-electron chi connectivity index (χ0n) is 11.5. The lowest BCUT2D eigenvalue weighted by atomic mass is 9.87. The number of benzene rings is 1. The molecule has 0 unspecified atom stereocenters. The maximum Gasteiger partial charge on any atom is 0.441 e. The van der Waals surface area contributed by atoms with E-state index in [0.29, 0.717) is 13.1 Å². The van der Waals surface area contributed by atoms with Crippen molar-refractivity contribution >= 4 is 11.8 Å². The molecule has 0 heterocycles. The lowest BCUT2D eigenvalue weighted by Gasteiger charge is -2.19. The molecule has 0 aliphatic rings.